The second kappa shape index (κ2) is 4.91. The minimum Gasteiger partial charge on any atom is -0.244 e. The highest BCUT2D eigenvalue weighted by Gasteiger charge is 2.23. The second-order valence-electron chi connectivity index (χ2n) is 6.51. The van der Waals surface area contributed by atoms with Crippen LogP contribution < -0.4 is 0 Å². The topological polar surface area (TPSA) is 30.7 Å². The van der Waals surface area contributed by atoms with Crippen molar-refractivity contribution < 1.29 is 0 Å². The maximum Gasteiger partial charge on any atom is 0.133 e. The van der Waals surface area contributed by atoms with Crippen LogP contribution in [0, 0.1) is 17.4 Å². The van der Waals surface area contributed by atoms with Gasteiger partial charge in [0.25, 0.3) is 0 Å². The Morgan fingerprint density at radius 3 is 2.75 bits per heavy atom. The van der Waals surface area contributed by atoms with E-state index in [0.29, 0.717) is 5.02 Å². The zero-order chi connectivity index (χ0) is 14.3. The van der Waals surface area contributed by atoms with Crippen LogP contribution in [0.25, 0.3) is 11.0 Å². The van der Waals surface area contributed by atoms with Crippen molar-refractivity contribution in [1.82, 2.24) is 15.0 Å². The maximum absolute atomic E-state index is 6.43. The van der Waals surface area contributed by atoms with Gasteiger partial charge in [-0.3, -0.25) is 0 Å². The predicted molar refractivity (Wildman–Crippen MR) is 85.5 cm³/mol. The summed E-state index contributed by atoms with van der Waals surface area (Å²) in [5.74, 6) is 3.98. The van der Waals surface area contributed by atoms with Gasteiger partial charge in [0.15, 0.2) is 0 Å². The average molecular weight is 304 g/mol. The van der Waals surface area contributed by atoms with E-state index in [4.69, 9.17) is 11.6 Å². The molecule has 0 aliphatic heterocycles. The highest BCUT2D eigenvalue weighted by molar-refractivity contribution is 6.83. The fraction of sp³-hybridized carbons (Fsp3) is 0.467. The molecule has 0 saturated heterocycles. The molecule has 3 rings (SSSR count). The highest BCUT2D eigenvalue weighted by atomic mass is 35.5. The van der Waals surface area contributed by atoms with E-state index in [-0.39, 0.29) is 0 Å². The number of halogens is 1. The van der Waals surface area contributed by atoms with Crippen LogP contribution in [0.4, 0.5) is 0 Å². The lowest BCUT2D eigenvalue weighted by molar-refractivity contribution is 0.559. The molecule has 0 unspecified atom stereocenters. The van der Waals surface area contributed by atoms with Gasteiger partial charge < -0.3 is 0 Å². The lowest BCUT2D eigenvalue weighted by Gasteiger charge is -2.04. The van der Waals surface area contributed by atoms with Gasteiger partial charge in [-0.05, 0) is 30.9 Å². The van der Waals surface area contributed by atoms with Crippen LogP contribution in [0.1, 0.15) is 18.4 Å². The highest BCUT2D eigenvalue weighted by Crippen LogP contribution is 2.32. The molecule has 104 valence electrons. The van der Waals surface area contributed by atoms with Crippen LogP contribution >= 0.6 is 11.6 Å². The summed E-state index contributed by atoms with van der Waals surface area (Å²) in [5.41, 5.74) is 5.99. The quantitative estimate of drug-likeness (QED) is 0.625. The normalized spacial score (nSPS) is 15.2. The number of hydrogen-bond donors (Lipinski definition) is 0. The number of fused-ring (bicyclic) bond motifs is 1. The van der Waals surface area contributed by atoms with Crippen molar-refractivity contribution in [2.24, 2.45) is 5.92 Å². The molecule has 1 aromatic carbocycles. The van der Waals surface area contributed by atoms with Crippen molar-refractivity contribution in [3.05, 3.63) is 22.7 Å². The summed E-state index contributed by atoms with van der Waals surface area (Å²) in [5, 5.41) is 9.09. The first-order valence-corrected chi connectivity index (χ1v) is 10.9. The monoisotopic (exact) mass is 303 g/mol. The zero-order valence-electron chi connectivity index (χ0n) is 12.1. The van der Waals surface area contributed by atoms with E-state index in [2.05, 4.69) is 41.4 Å². The molecular formula is C15H18ClN3Si. The van der Waals surface area contributed by atoms with Crippen molar-refractivity contribution in [1.29, 1.82) is 0 Å². The molecule has 3 nitrogen and oxygen atoms in total. The van der Waals surface area contributed by atoms with Crippen LogP contribution in [0.15, 0.2) is 12.1 Å². The Labute approximate surface area is 125 Å². The summed E-state index contributed by atoms with van der Waals surface area (Å²) in [6.45, 7) is 7.61. The van der Waals surface area contributed by atoms with Gasteiger partial charge >= 0.3 is 0 Å². The van der Waals surface area contributed by atoms with Gasteiger partial charge in [-0.15, -0.1) is 10.6 Å². The summed E-state index contributed by atoms with van der Waals surface area (Å²) in [6.07, 6.45) is 2.60. The molecular weight excluding hydrogens is 286 g/mol. The first-order valence-electron chi connectivity index (χ1n) is 6.99. The van der Waals surface area contributed by atoms with Crippen molar-refractivity contribution in [3.8, 4) is 11.5 Å². The lowest BCUT2D eigenvalue weighted by Crippen LogP contribution is -2.16. The molecule has 1 aliphatic carbocycles. The van der Waals surface area contributed by atoms with Crippen LogP contribution in [0.3, 0.4) is 0 Å². The summed E-state index contributed by atoms with van der Waals surface area (Å²) in [6, 6.07) is 4.03. The average Bonchev–Trinajstić information content (AvgIpc) is 3.08. The Morgan fingerprint density at radius 1 is 1.35 bits per heavy atom. The molecule has 2 aromatic rings. The summed E-state index contributed by atoms with van der Waals surface area (Å²) < 4.78 is 1.97. The van der Waals surface area contributed by atoms with Crippen LogP contribution in [-0.2, 0) is 6.54 Å². The summed E-state index contributed by atoms with van der Waals surface area (Å²) in [4.78, 5) is 0. The Kier molecular flexibility index (Phi) is 3.35. The zero-order valence-corrected chi connectivity index (χ0v) is 13.8. The van der Waals surface area contributed by atoms with Crippen LogP contribution in [-0.4, -0.2) is 23.1 Å². The molecule has 5 heteroatoms. The number of benzene rings is 1. The van der Waals surface area contributed by atoms with Gasteiger partial charge in [-0.2, -0.15) is 0 Å². The molecule has 1 saturated carbocycles. The molecule has 1 fully saturated rings. The SMILES string of the molecule is C[Si](C)(C)C#Cc1ccc2c(nnn2CC2CC2)c1Cl. The number of aromatic nitrogens is 3. The molecule has 0 atom stereocenters. The first kappa shape index (κ1) is 13.7. The number of hydrogen-bond acceptors (Lipinski definition) is 2. The standard InChI is InChI=1S/C15H18ClN3Si/c1-20(2,3)9-8-12-6-7-13-15(14(12)16)17-18-19(13)10-11-4-5-11/h6-7,11H,4-5,10H2,1-3H3. The van der Waals surface area contributed by atoms with Gasteiger partial charge in [-0.25, -0.2) is 4.68 Å². The Morgan fingerprint density at radius 2 is 2.10 bits per heavy atom. The minimum absolute atomic E-state index is 0.635. The third-order valence-corrected chi connectivity index (χ3v) is 4.58. The molecule has 0 amide bonds. The van der Waals surface area contributed by atoms with Gasteiger partial charge in [0.2, 0.25) is 0 Å². The largest absolute Gasteiger partial charge is 0.244 e. The lowest BCUT2D eigenvalue weighted by atomic mass is 10.2. The van der Waals surface area contributed by atoms with Gasteiger partial charge in [0.05, 0.1) is 10.5 Å². The molecule has 1 heterocycles. The van der Waals surface area contributed by atoms with E-state index >= 15 is 0 Å². The van der Waals surface area contributed by atoms with Crippen molar-refractivity contribution in [2.45, 2.75) is 39.0 Å². The van der Waals surface area contributed by atoms with Gasteiger partial charge in [0.1, 0.15) is 13.6 Å². The molecule has 20 heavy (non-hydrogen) atoms. The molecule has 0 bridgehead atoms. The van der Waals surface area contributed by atoms with Crippen LogP contribution in [0.2, 0.25) is 24.7 Å². The Hall–Kier alpha value is -1.31. The Bertz CT molecular complexity index is 714. The maximum atomic E-state index is 6.43. The number of rotatable bonds is 2. The molecule has 0 N–H and O–H groups in total. The number of nitrogens with zero attached hydrogens (tertiary/aromatic N) is 3. The van der Waals surface area contributed by atoms with Crippen molar-refractivity contribution >= 4 is 30.7 Å². The molecule has 0 spiro atoms. The van der Waals surface area contributed by atoms with Gasteiger partial charge in [-0.1, -0.05) is 42.4 Å². The third kappa shape index (κ3) is 2.89. The summed E-state index contributed by atoms with van der Waals surface area (Å²) >= 11 is 6.43. The van der Waals surface area contributed by atoms with Gasteiger partial charge in [0, 0.05) is 12.1 Å². The molecule has 1 aromatic heterocycles. The van der Waals surface area contributed by atoms with E-state index < -0.39 is 8.07 Å². The van der Waals surface area contributed by atoms with E-state index in [1.54, 1.807) is 0 Å². The smallest absolute Gasteiger partial charge is 0.133 e. The van der Waals surface area contributed by atoms with Crippen molar-refractivity contribution in [2.75, 3.05) is 0 Å². The molecule has 1 aliphatic rings. The second-order valence-corrected chi connectivity index (χ2v) is 11.6. The minimum atomic E-state index is -1.40. The van der Waals surface area contributed by atoms with E-state index in [0.717, 1.165) is 29.1 Å². The van der Waals surface area contributed by atoms with E-state index in [1.807, 2.05) is 16.8 Å². The fourth-order valence-corrected chi connectivity index (χ4v) is 2.79. The fourth-order valence-electron chi connectivity index (χ4n) is 2.04. The molecule has 0 radical (unpaired) electrons. The first-order chi connectivity index (χ1) is 9.44. The third-order valence-electron chi connectivity index (χ3n) is 3.33. The van der Waals surface area contributed by atoms with E-state index in [1.165, 1.54) is 12.8 Å². The Balaban J connectivity index is 2.00. The van der Waals surface area contributed by atoms with E-state index in [9.17, 15) is 0 Å². The van der Waals surface area contributed by atoms with Crippen molar-refractivity contribution in [3.63, 3.8) is 0 Å². The predicted octanol–water partition coefficient (Wildman–Crippen LogP) is 3.72. The van der Waals surface area contributed by atoms with Crippen LogP contribution in [0.5, 0.6) is 0 Å². The summed E-state index contributed by atoms with van der Waals surface area (Å²) in [7, 11) is -1.40.